The second-order valence-corrected chi connectivity index (χ2v) is 5.79. The number of hydrogen-bond acceptors (Lipinski definition) is 3. The van der Waals surface area contributed by atoms with Crippen molar-refractivity contribution >= 4 is 5.65 Å². The van der Waals surface area contributed by atoms with Crippen molar-refractivity contribution in [1.82, 2.24) is 9.38 Å². The molecule has 2 aromatic heterocycles. The van der Waals surface area contributed by atoms with Gasteiger partial charge >= 0.3 is 0 Å². The number of imidazole rings is 1. The molecule has 2 heterocycles. The minimum Gasteiger partial charge on any atom is -0.489 e. The zero-order chi connectivity index (χ0) is 17.1. The molecule has 0 saturated carbocycles. The molecular weight excluding hydrogens is 305 g/mol. The quantitative estimate of drug-likeness (QED) is 0.705. The number of rotatable bonds is 6. The molecule has 0 atom stereocenters. The molecule has 0 spiro atoms. The molecule has 124 valence electrons. The van der Waals surface area contributed by atoms with Crippen molar-refractivity contribution in [2.75, 3.05) is 13.2 Å². The Bertz CT molecular complexity index is 868. The maximum absolute atomic E-state index is 13.6. The van der Waals surface area contributed by atoms with Gasteiger partial charge in [-0.1, -0.05) is 6.58 Å². The van der Waals surface area contributed by atoms with E-state index in [1.54, 1.807) is 10.5 Å². The van der Waals surface area contributed by atoms with Gasteiger partial charge in [-0.3, -0.25) is 0 Å². The zero-order valence-corrected chi connectivity index (χ0v) is 13.6. The van der Waals surface area contributed by atoms with Crippen LogP contribution in [0, 0.1) is 5.82 Å². The highest BCUT2D eigenvalue weighted by Gasteiger charge is 2.14. The second kappa shape index (κ2) is 6.84. The fourth-order valence-electron chi connectivity index (χ4n) is 2.59. The number of fused-ring (bicyclic) bond motifs is 1. The van der Waals surface area contributed by atoms with Crippen LogP contribution in [0.2, 0.25) is 0 Å². The van der Waals surface area contributed by atoms with Crippen LogP contribution in [0.3, 0.4) is 0 Å². The molecule has 0 aliphatic heterocycles. The normalized spacial score (nSPS) is 11.0. The summed E-state index contributed by atoms with van der Waals surface area (Å²) < 4.78 is 21.0. The van der Waals surface area contributed by atoms with Crippen molar-refractivity contribution in [2.24, 2.45) is 5.73 Å². The maximum atomic E-state index is 13.6. The topological polar surface area (TPSA) is 52.5 Å². The van der Waals surface area contributed by atoms with Crippen molar-refractivity contribution in [3.8, 4) is 17.0 Å². The average molecular weight is 325 g/mol. The molecule has 1 aromatic carbocycles. The lowest BCUT2D eigenvalue weighted by atomic mass is 10.1. The first-order chi connectivity index (χ1) is 11.6. The van der Waals surface area contributed by atoms with Gasteiger partial charge in [-0.05, 0) is 55.4 Å². The van der Waals surface area contributed by atoms with Gasteiger partial charge in [-0.15, -0.1) is 0 Å². The van der Waals surface area contributed by atoms with Gasteiger partial charge in [0, 0.05) is 18.2 Å². The smallest absolute Gasteiger partial charge is 0.139 e. The molecule has 3 rings (SSSR count). The van der Waals surface area contributed by atoms with E-state index in [1.807, 2.05) is 31.2 Å². The number of halogens is 1. The number of benzene rings is 1. The molecular formula is C19H20FN3O. The average Bonchev–Trinajstić information content (AvgIpc) is 2.92. The van der Waals surface area contributed by atoms with E-state index < -0.39 is 0 Å². The van der Waals surface area contributed by atoms with E-state index in [1.165, 1.54) is 12.3 Å². The molecule has 0 unspecified atom stereocenters. The summed E-state index contributed by atoms with van der Waals surface area (Å²) in [5.74, 6) is 0.477. The minimum atomic E-state index is -0.298. The highest BCUT2D eigenvalue weighted by Crippen LogP contribution is 2.27. The van der Waals surface area contributed by atoms with Crippen molar-refractivity contribution in [3.05, 3.63) is 66.3 Å². The summed E-state index contributed by atoms with van der Waals surface area (Å²) in [5, 5.41) is 0. The third-order valence-electron chi connectivity index (χ3n) is 3.68. The van der Waals surface area contributed by atoms with Crippen LogP contribution in [0.15, 0.2) is 54.7 Å². The largest absolute Gasteiger partial charge is 0.489 e. The van der Waals surface area contributed by atoms with Crippen molar-refractivity contribution in [2.45, 2.75) is 13.3 Å². The van der Waals surface area contributed by atoms with Gasteiger partial charge in [0.2, 0.25) is 0 Å². The fourth-order valence-corrected chi connectivity index (χ4v) is 2.59. The van der Waals surface area contributed by atoms with E-state index >= 15 is 0 Å². The summed E-state index contributed by atoms with van der Waals surface area (Å²) in [6, 6.07) is 10.8. The summed E-state index contributed by atoms with van der Waals surface area (Å²) in [5.41, 5.74) is 10.1. The van der Waals surface area contributed by atoms with Gasteiger partial charge < -0.3 is 14.9 Å². The molecule has 0 radical (unpaired) electrons. The van der Waals surface area contributed by atoms with Crippen LogP contribution in [-0.4, -0.2) is 22.5 Å². The highest BCUT2D eigenvalue weighted by atomic mass is 19.1. The third-order valence-corrected chi connectivity index (χ3v) is 3.68. The highest BCUT2D eigenvalue weighted by molar-refractivity contribution is 5.67. The van der Waals surface area contributed by atoms with Crippen LogP contribution in [0.1, 0.15) is 12.6 Å². The van der Waals surface area contributed by atoms with Crippen LogP contribution in [0.4, 0.5) is 4.39 Å². The Labute approximate surface area is 140 Å². The van der Waals surface area contributed by atoms with Crippen molar-refractivity contribution in [1.29, 1.82) is 0 Å². The molecule has 0 bridgehead atoms. The standard InChI is InChI=1S/C19H20FN3O/c1-13(2)12-24-16-6-3-14(4-7-16)19-17(9-10-21)23-11-15(20)5-8-18(23)22-19/h3-8,11H,1,9-10,12,21H2,2H3. The Balaban J connectivity index is 1.98. The summed E-state index contributed by atoms with van der Waals surface area (Å²) in [6.07, 6.45) is 2.06. The van der Waals surface area contributed by atoms with Gasteiger partial charge in [0.05, 0.1) is 11.4 Å². The van der Waals surface area contributed by atoms with E-state index in [2.05, 4.69) is 11.6 Å². The van der Waals surface area contributed by atoms with Gasteiger partial charge in [0.15, 0.2) is 0 Å². The van der Waals surface area contributed by atoms with Gasteiger partial charge in [-0.2, -0.15) is 0 Å². The Hall–Kier alpha value is -2.66. The first kappa shape index (κ1) is 16.2. The second-order valence-electron chi connectivity index (χ2n) is 5.79. The van der Waals surface area contributed by atoms with E-state index in [0.29, 0.717) is 25.2 Å². The van der Waals surface area contributed by atoms with Gasteiger partial charge in [0.1, 0.15) is 23.8 Å². The maximum Gasteiger partial charge on any atom is 0.139 e. The SMILES string of the molecule is C=C(C)COc1ccc(-c2nc3ccc(F)cn3c2CCN)cc1. The number of nitrogens with two attached hydrogens (primary N) is 1. The molecule has 24 heavy (non-hydrogen) atoms. The van der Waals surface area contributed by atoms with Crippen molar-refractivity contribution in [3.63, 3.8) is 0 Å². The number of ether oxygens (including phenoxy) is 1. The monoisotopic (exact) mass is 325 g/mol. The third kappa shape index (κ3) is 3.31. The number of nitrogens with zero attached hydrogens (tertiary/aromatic N) is 2. The molecule has 0 aliphatic carbocycles. The zero-order valence-electron chi connectivity index (χ0n) is 13.6. The van der Waals surface area contributed by atoms with Crippen LogP contribution < -0.4 is 10.5 Å². The van der Waals surface area contributed by atoms with E-state index in [0.717, 1.165) is 28.3 Å². The summed E-state index contributed by atoms with van der Waals surface area (Å²) in [7, 11) is 0. The van der Waals surface area contributed by atoms with Crippen LogP contribution >= 0.6 is 0 Å². The molecule has 3 aromatic rings. The summed E-state index contributed by atoms with van der Waals surface area (Å²) in [6.45, 7) is 6.70. The summed E-state index contributed by atoms with van der Waals surface area (Å²) >= 11 is 0. The Morgan fingerprint density at radius 3 is 2.67 bits per heavy atom. The molecule has 2 N–H and O–H groups in total. The molecule has 0 saturated heterocycles. The molecule has 0 fully saturated rings. The first-order valence-electron chi connectivity index (χ1n) is 7.82. The number of aromatic nitrogens is 2. The van der Waals surface area contributed by atoms with Crippen LogP contribution in [-0.2, 0) is 6.42 Å². The molecule has 4 nitrogen and oxygen atoms in total. The van der Waals surface area contributed by atoms with E-state index in [9.17, 15) is 4.39 Å². The molecule has 5 heteroatoms. The number of pyridine rings is 1. The lowest BCUT2D eigenvalue weighted by Crippen LogP contribution is -2.06. The van der Waals surface area contributed by atoms with Gasteiger partial charge in [0.25, 0.3) is 0 Å². The van der Waals surface area contributed by atoms with Crippen LogP contribution in [0.5, 0.6) is 5.75 Å². The lowest BCUT2D eigenvalue weighted by molar-refractivity contribution is 0.353. The Morgan fingerprint density at radius 2 is 2.00 bits per heavy atom. The molecule has 0 aliphatic rings. The van der Waals surface area contributed by atoms with E-state index in [-0.39, 0.29) is 5.82 Å². The lowest BCUT2D eigenvalue weighted by Gasteiger charge is -2.07. The minimum absolute atomic E-state index is 0.298. The summed E-state index contributed by atoms with van der Waals surface area (Å²) in [4.78, 5) is 4.63. The van der Waals surface area contributed by atoms with Gasteiger partial charge in [-0.25, -0.2) is 9.37 Å². The van der Waals surface area contributed by atoms with Crippen LogP contribution in [0.25, 0.3) is 16.9 Å². The predicted octanol–water partition coefficient (Wildman–Crippen LogP) is 3.60. The predicted molar refractivity (Wildman–Crippen MR) is 93.7 cm³/mol. The van der Waals surface area contributed by atoms with E-state index in [4.69, 9.17) is 10.5 Å². The van der Waals surface area contributed by atoms with Crippen molar-refractivity contribution < 1.29 is 9.13 Å². The fraction of sp³-hybridized carbons (Fsp3) is 0.211. The Morgan fingerprint density at radius 1 is 1.25 bits per heavy atom. The molecule has 0 amide bonds. The first-order valence-corrected chi connectivity index (χ1v) is 7.82. The Kier molecular flexibility index (Phi) is 4.62. The number of hydrogen-bond donors (Lipinski definition) is 1.